The van der Waals surface area contributed by atoms with Crippen molar-refractivity contribution < 1.29 is 24.5 Å². The lowest BCUT2D eigenvalue weighted by Crippen LogP contribution is -2.50. The second kappa shape index (κ2) is 7.17. The number of amides is 2. The number of rotatable bonds is 5. The van der Waals surface area contributed by atoms with Gasteiger partial charge in [-0.05, 0) is 19.8 Å². The van der Waals surface area contributed by atoms with Crippen molar-refractivity contribution in [3.63, 3.8) is 0 Å². The Morgan fingerprint density at radius 1 is 1.44 bits per heavy atom. The topological polar surface area (TPSA) is 99.1 Å². The van der Waals surface area contributed by atoms with Crippen LogP contribution in [0.4, 0.5) is 4.79 Å². The summed E-state index contributed by atoms with van der Waals surface area (Å²) in [7, 11) is 0. The molecule has 1 fully saturated rings. The van der Waals surface area contributed by atoms with Gasteiger partial charge >= 0.3 is 12.0 Å². The zero-order chi connectivity index (χ0) is 13.5. The molecule has 1 rings (SSSR count). The number of ether oxygens (including phenoxy) is 1. The number of piperidine rings is 1. The molecule has 2 amide bonds. The lowest BCUT2D eigenvalue weighted by atomic mass is 10.1. The van der Waals surface area contributed by atoms with Crippen molar-refractivity contribution in [3.8, 4) is 0 Å². The van der Waals surface area contributed by atoms with Crippen LogP contribution in [0.3, 0.4) is 0 Å². The molecule has 104 valence electrons. The number of likely N-dealkylation sites (tertiary alicyclic amines) is 1. The summed E-state index contributed by atoms with van der Waals surface area (Å²) >= 11 is 0. The maximum absolute atomic E-state index is 11.7. The number of aliphatic hydroxyl groups excluding tert-OH is 1. The molecule has 7 nitrogen and oxygen atoms in total. The van der Waals surface area contributed by atoms with E-state index in [-0.39, 0.29) is 18.7 Å². The van der Waals surface area contributed by atoms with Gasteiger partial charge in [-0.15, -0.1) is 0 Å². The molecular formula is C11H20N2O5. The first-order chi connectivity index (χ1) is 8.54. The summed E-state index contributed by atoms with van der Waals surface area (Å²) < 4.78 is 5.38. The van der Waals surface area contributed by atoms with Crippen molar-refractivity contribution in [1.29, 1.82) is 0 Å². The standard InChI is InChI=1S/C11H20N2O5/c1-8(10(15)16)12-11(17)13-4-2-9(3-5-13)18-7-6-14/h8-9,14H,2-7H2,1H3,(H,12,17)(H,15,16)/t8-/m0/s1. The van der Waals surface area contributed by atoms with Gasteiger partial charge in [0, 0.05) is 13.1 Å². The molecule has 18 heavy (non-hydrogen) atoms. The largest absolute Gasteiger partial charge is 0.480 e. The fourth-order valence-corrected chi connectivity index (χ4v) is 1.78. The molecule has 0 aromatic carbocycles. The number of aliphatic carboxylic acids is 1. The number of carboxylic acids is 1. The molecular weight excluding hydrogens is 240 g/mol. The zero-order valence-corrected chi connectivity index (χ0v) is 10.5. The number of carboxylic acid groups (broad SMARTS) is 1. The van der Waals surface area contributed by atoms with E-state index in [2.05, 4.69) is 5.32 Å². The molecule has 0 unspecified atom stereocenters. The minimum Gasteiger partial charge on any atom is -0.480 e. The van der Waals surface area contributed by atoms with Gasteiger partial charge in [-0.1, -0.05) is 0 Å². The second-order valence-corrected chi connectivity index (χ2v) is 4.29. The summed E-state index contributed by atoms with van der Waals surface area (Å²) in [6.45, 7) is 2.81. The maximum Gasteiger partial charge on any atom is 0.325 e. The van der Waals surface area contributed by atoms with Crippen LogP contribution in [-0.2, 0) is 9.53 Å². The second-order valence-electron chi connectivity index (χ2n) is 4.29. The van der Waals surface area contributed by atoms with Gasteiger partial charge in [-0.3, -0.25) is 4.79 Å². The van der Waals surface area contributed by atoms with Crippen molar-refractivity contribution in [2.75, 3.05) is 26.3 Å². The van der Waals surface area contributed by atoms with Gasteiger partial charge in [-0.25, -0.2) is 4.79 Å². The zero-order valence-electron chi connectivity index (χ0n) is 10.5. The van der Waals surface area contributed by atoms with E-state index in [1.807, 2.05) is 0 Å². The predicted octanol–water partition coefficient (Wildman–Crippen LogP) is -0.358. The van der Waals surface area contributed by atoms with Gasteiger partial charge in [0.15, 0.2) is 0 Å². The number of urea groups is 1. The Morgan fingerprint density at radius 2 is 2.06 bits per heavy atom. The molecule has 0 radical (unpaired) electrons. The van der Waals surface area contributed by atoms with E-state index in [0.717, 1.165) is 0 Å². The van der Waals surface area contributed by atoms with E-state index < -0.39 is 12.0 Å². The molecule has 0 aliphatic carbocycles. The molecule has 7 heteroatoms. The Hall–Kier alpha value is -1.34. The summed E-state index contributed by atoms with van der Waals surface area (Å²) in [6, 6.07) is -1.24. The van der Waals surface area contributed by atoms with Crippen LogP contribution in [0.1, 0.15) is 19.8 Å². The third kappa shape index (κ3) is 4.50. The molecule has 0 saturated carbocycles. The van der Waals surface area contributed by atoms with Crippen LogP contribution in [0.25, 0.3) is 0 Å². The van der Waals surface area contributed by atoms with Crippen molar-refractivity contribution >= 4 is 12.0 Å². The number of nitrogens with one attached hydrogen (secondary N) is 1. The normalized spacial score (nSPS) is 18.4. The molecule has 0 aromatic heterocycles. The highest BCUT2D eigenvalue weighted by Gasteiger charge is 2.25. The van der Waals surface area contributed by atoms with Gasteiger partial charge in [0.1, 0.15) is 6.04 Å². The van der Waals surface area contributed by atoms with E-state index in [0.29, 0.717) is 32.5 Å². The van der Waals surface area contributed by atoms with Crippen LogP contribution in [0.2, 0.25) is 0 Å². The first-order valence-electron chi connectivity index (χ1n) is 6.05. The monoisotopic (exact) mass is 260 g/mol. The molecule has 1 atom stereocenters. The number of hydrogen-bond acceptors (Lipinski definition) is 4. The first-order valence-corrected chi connectivity index (χ1v) is 6.05. The third-order valence-corrected chi connectivity index (χ3v) is 2.88. The Kier molecular flexibility index (Phi) is 5.87. The van der Waals surface area contributed by atoms with Crippen LogP contribution >= 0.6 is 0 Å². The Morgan fingerprint density at radius 3 is 2.56 bits per heavy atom. The Balaban J connectivity index is 2.29. The van der Waals surface area contributed by atoms with Gasteiger partial charge in [0.2, 0.25) is 0 Å². The van der Waals surface area contributed by atoms with Crippen LogP contribution in [0.15, 0.2) is 0 Å². The number of nitrogens with zero attached hydrogens (tertiary/aromatic N) is 1. The van der Waals surface area contributed by atoms with E-state index >= 15 is 0 Å². The van der Waals surface area contributed by atoms with Crippen LogP contribution < -0.4 is 5.32 Å². The average Bonchev–Trinajstić information content (AvgIpc) is 2.36. The lowest BCUT2D eigenvalue weighted by molar-refractivity contribution is -0.138. The quantitative estimate of drug-likeness (QED) is 0.627. The molecule has 0 spiro atoms. The maximum atomic E-state index is 11.7. The molecule has 0 bridgehead atoms. The smallest absolute Gasteiger partial charge is 0.325 e. The number of hydrogen-bond donors (Lipinski definition) is 3. The molecule has 1 saturated heterocycles. The summed E-state index contributed by atoms with van der Waals surface area (Å²) in [5.74, 6) is -1.05. The number of carbonyl (C=O) groups excluding carboxylic acids is 1. The van der Waals surface area contributed by atoms with Crippen molar-refractivity contribution in [3.05, 3.63) is 0 Å². The van der Waals surface area contributed by atoms with Gasteiger partial charge in [0.05, 0.1) is 19.3 Å². The number of carbonyl (C=O) groups is 2. The lowest BCUT2D eigenvalue weighted by Gasteiger charge is -2.32. The van der Waals surface area contributed by atoms with Crippen LogP contribution in [0.5, 0.6) is 0 Å². The van der Waals surface area contributed by atoms with Crippen molar-refractivity contribution in [2.24, 2.45) is 0 Å². The first kappa shape index (κ1) is 14.7. The highest BCUT2D eigenvalue weighted by molar-refractivity contribution is 5.82. The van der Waals surface area contributed by atoms with Crippen molar-refractivity contribution in [1.82, 2.24) is 10.2 Å². The van der Waals surface area contributed by atoms with Crippen LogP contribution in [-0.4, -0.2) is 65.6 Å². The Bertz CT molecular complexity index is 289. The average molecular weight is 260 g/mol. The highest BCUT2D eigenvalue weighted by Crippen LogP contribution is 2.13. The molecule has 1 heterocycles. The van der Waals surface area contributed by atoms with E-state index in [9.17, 15) is 9.59 Å². The molecule has 1 aliphatic rings. The SMILES string of the molecule is C[C@H](NC(=O)N1CCC(OCCO)CC1)C(=O)O. The fraction of sp³-hybridized carbons (Fsp3) is 0.818. The van der Waals surface area contributed by atoms with Gasteiger partial charge in [-0.2, -0.15) is 0 Å². The van der Waals surface area contributed by atoms with E-state index in [1.165, 1.54) is 6.92 Å². The summed E-state index contributed by atoms with van der Waals surface area (Å²) in [5.41, 5.74) is 0. The van der Waals surface area contributed by atoms with Crippen molar-refractivity contribution in [2.45, 2.75) is 31.9 Å². The summed E-state index contributed by atoms with van der Waals surface area (Å²) in [4.78, 5) is 23.9. The highest BCUT2D eigenvalue weighted by atomic mass is 16.5. The summed E-state index contributed by atoms with van der Waals surface area (Å²) in [6.07, 6.45) is 1.47. The third-order valence-electron chi connectivity index (χ3n) is 2.88. The fourth-order valence-electron chi connectivity index (χ4n) is 1.78. The summed E-state index contributed by atoms with van der Waals surface area (Å²) in [5, 5.41) is 19.7. The number of aliphatic hydroxyl groups is 1. The Labute approximate surface area is 106 Å². The van der Waals surface area contributed by atoms with Crippen LogP contribution in [0, 0.1) is 0 Å². The molecule has 1 aliphatic heterocycles. The van der Waals surface area contributed by atoms with Gasteiger partial charge < -0.3 is 25.2 Å². The minimum absolute atomic E-state index is 0.00315. The van der Waals surface area contributed by atoms with E-state index in [1.54, 1.807) is 4.90 Å². The molecule has 3 N–H and O–H groups in total. The molecule has 0 aromatic rings. The van der Waals surface area contributed by atoms with Gasteiger partial charge in [0.25, 0.3) is 0 Å². The van der Waals surface area contributed by atoms with E-state index in [4.69, 9.17) is 14.9 Å². The predicted molar refractivity (Wildman–Crippen MR) is 63.3 cm³/mol. The minimum atomic E-state index is -1.05.